The Labute approximate surface area is 133 Å². The first kappa shape index (κ1) is 12.9. The molecule has 3 aliphatic rings. The molecule has 0 bridgehead atoms. The van der Waals surface area contributed by atoms with Crippen molar-refractivity contribution in [3.05, 3.63) is 35.4 Å². The standard InChI is InChI=1S/C16H16ClN3O2/c17-14-5-10(3-4-18-14)22-13-6-20(9-1-2-9)19-16(13)15-11-7-21-8-12(11)15/h3-6,9,11-12,15H,1-2,7-8H2. The molecule has 3 fully saturated rings. The topological polar surface area (TPSA) is 49.2 Å². The first-order valence-electron chi connectivity index (χ1n) is 7.76. The van der Waals surface area contributed by atoms with Crippen LogP contribution < -0.4 is 4.74 Å². The molecule has 2 unspecified atom stereocenters. The van der Waals surface area contributed by atoms with E-state index >= 15 is 0 Å². The summed E-state index contributed by atoms with van der Waals surface area (Å²) in [5, 5.41) is 5.26. The van der Waals surface area contributed by atoms with Crippen LogP contribution in [0.2, 0.25) is 5.15 Å². The second kappa shape index (κ2) is 4.70. The zero-order chi connectivity index (χ0) is 14.7. The van der Waals surface area contributed by atoms with Crippen molar-refractivity contribution in [2.45, 2.75) is 24.8 Å². The van der Waals surface area contributed by atoms with Gasteiger partial charge in [-0.3, -0.25) is 4.68 Å². The number of pyridine rings is 1. The van der Waals surface area contributed by atoms with Gasteiger partial charge in [-0.2, -0.15) is 5.10 Å². The minimum atomic E-state index is 0.435. The van der Waals surface area contributed by atoms with Crippen LogP contribution in [0.4, 0.5) is 0 Å². The van der Waals surface area contributed by atoms with Crippen LogP contribution >= 0.6 is 11.6 Å². The molecule has 0 N–H and O–H groups in total. The molecule has 0 spiro atoms. The highest BCUT2D eigenvalue weighted by atomic mass is 35.5. The number of aromatic nitrogens is 3. The van der Waals surface area contributed by atoms with Gasteiger partial charge in [-0.1, -0.05) is 11.6 Å². The van der Waals surface area contributed by atoms with Crippen LogP contribution in [0.1, 0.15) is 30.5 Å². The van der Waals surface area contributed by atoms with Crippen molar-refractivity contribution in [2.75, 3.05) is 13.2 Å². The number of hydrogen-bond donors (Lipinski definition) is 0. The van der Waals surface area contributed by atoms with Crippen LogP contribution in [0.5, 0.6) is 11.5 Å². The van der Waals surface area contributed by atoms with E-state index in [1.54, 1.807) is 12.3 Å². The Balaban J connectivity index is 1.47. The summed E-state index contributed by atoms with van der Waals surface area (Å²) in [5.74, 6) is 3.28. The monoisotopic (exact) mass is 317 g/mol. The molecule has 2 saturated carbocycles. The lowest BCUT2D eigenvalue weighted by atomic mass is 10.2. The maximum absolute atomic E-state index is 6.07. The zero-order valence-electron chi connectivity index (χ0n) is 12.0. The van der Waals surface area contributed by atoms with Crippen molar-refractivity contribution in [2.24, 2.45) is 11.8 Å². The molecule has 5 rings (SSSR count). The molecule has 3 heterocycles. The largest absolute Gasteiger partial charge is 0.454 e. The van der Waals surface area contributed by atoms with Gasteiger partial charge in [0.2, 0.25) is 0 Å². The third kappa shape index (κ3) is 2.11. The van der Waals surface area contributed by atoms with Gasteiger partial charge in [0.15, 0.2) is 5.75 Å². The number of nitrogens with zero attached hydrogens (tertiary/aromatic N) is 3. The van der Waals surface area contributed by atoms with Crippen molar-refractivity contribution in [3.8, 4) is 11.5 Å². The van der Waals surface area contributed by atoms with E-state index in [1.807, 2.05) is 12.3 Å². The summed E-state index contributed by atoms with van der Waals surface area (Å²) in [7, 11) is 0. The van der Waals surface area contributed by atoms with E-state index in [0.717, 1.165) is 24.7 Å². The van der Waals surface area contributed by atoms with Crippen LogP contribution in [0.15, 0.2) is 24.5 Å². The molecular weight excluding hydrogens is 302 g/mol. The number of halogens is 1. The van der Waals surface area contributed by atoms with Crippen LogP contribution in [0.25, 0.3) is 0 Å². The summed E-state index contributed by atoms with van der Waals surface area (Å²) >= 11 is 5.94. The molecule has 114 valence electrons. The molecular formula is C16H16ClN3O2. The number of fused-ring (bicyclic) bond motifs is 1. The molecule has 5 nitrogen and oxygen atoms in total. The minimum Gasteiger partial charge on any atom is -0.454 e. The smallest absolute Gasteiger partial charge is 0.168 e. The average molecular weight is 318 g/mol. The predicted molar refractivity (Wildman–Crippen MR) is 80.4 cm³/mol. The van der Waals surface area contributed by atoms with E-state index < -0.39 is 0 Å². The minimum absolute atomic E-state index is 0.435. The Morgan fingerprint density at radius 2 is 2.09 bits per heavy atom. The average Bonchev–Trinajstić information content (AvgIpc) is 3.38. The normalized spacial score (nSPS) is 29.4. The SMILES string of the molecule is Clc1cc(Oc2cn(C3CC3)nc2C2C3COCC32)ccn1. The van der Waals surface area contributed by atoms with Crippen molar-refractivity contribution in [1.29, 1.82) is 0 Å². The Bertz CT molecular complexity index is 718. The fraction of sp³-hybridized carbons (Fsp3) is 0.500. The zero-order valence-corrected chi connectivity index (χ0v) is 12.7. The van der Waals surface area contributed by atoms with Crippen molar-refractivity contribution in [3.63, 3.8) is 0 Å². The molecule has 1 saturated heterocycles. The summed E-state index contributed by atoms with van der Waals surface area (Å²) in [6.07, 6.45) is 6.11. The maximum Gasteiger partial charge on any atom is 0.168 e. The summed E-state index contributed by atoms with van der Waals surface area (Å²) in [5.41, 5.74) is 1.08. The second-order valence-corrected chi connectivity index (χ2v) is 6.78. The van der Waals surface area contributed by atoms with Crippen LogP contribution in [0, 0.1) is 11.8 Å². The van der Waals surface area contributed by atoms with Gasteiger partial charge < -0.3 is 9.47 Å². The van der Waals surface area contributed by atoms with Crippen LogP contribution in [-0.2, 0) is 4.74 Å². The Kier molecular flexibility index (Phi) is 2.76. The summed E-state index contributed by atoms with van der Waals surface area (Å²) in [6.45, 7) is 1.71. The molecule has 2 aromatic heterocycles. The Hall–Kier alpha value is -1.59. The Morgan fingerprint density at radius 1 is 1.27 bits per heavy atom. The molecule has 0 amide bonds. The molecule has 2 aromatic rings. The van der Waals surface area contributed by atoms with Gasteiger partial charge in [-0.15, -0.1) is 0 Å². The van der Waals surface area contributed by atoms with Gasteiger partial charge in [-0.25, -0.2) is 4.98 Å². The molecule has 1 aliphatic heterocycles. The van der Waals surface area contributed by atoms with Crippen LogP contribution in [-0.4, -0.2) is 28.0 Å². The molecule has 0 radical (unpaired) electrons. The lowest BCUT2D eigenvalue weighted by Crippen LogP contribution is -2.01. The maximum atomic E-state index is 6.07. The number of ether oxygens (including phenoxy) is 2. The lowest BCUT2D eigenvalue weighted by molar-refractivity contribution is 0.159. The van der Waals surface area contributed by atoms with E-state index in [9.17, 15) is 0 Å². The van der Waals surface area contributed by atoms with Gasteiger partial charge in [0, 0.05) is 18.2 Å². The molecule has 22 heavy (non-hydrogen) atoms. The molecule has 2 aliphatic carbocycles. The highest BCUT2D eigenvalue weighted by Crippen LogP contribution is 2.59. The number of rotatable bonds is 4. The van der Waals surface area contributed by atoms with E-state index in [0.29, 0.717) is 34.7 Å². The highest BCUT2D eigenvalue weighted by molar-refractivity contribution is 6.29. The van der Waals surface area contributed by atoms with Gasteiger partial charge in [-0.05, 0) is 30.7 Å². The third-order valence-corrected chi connectivity index (χ3v) is 5.05. The number of hydrogen-bond acceptors (Lipinski definition) is 4. The summed E-state index contributed by atoms with van der Waals surface area (Å²) < 4.78 is 13.6. The quantitative estimate of drug-likeness (QED) is 0.811. The molecule has 0 aromatic carbocycles. The van der Waals surface area contributed by atoms with E-state index in [4.69, 9.17) is 26.2 Å². The van der Waals surface area contributed by atoms with Gasteiger partial charge in [0.05, 0.1) is 25.5 Å². The second-order valence-electron chi connectivity index (χ2n) is 6.40. The highest BCUT2D eigenvalue weighted by Gasteiger charge is 2.57. The van der Waals surface area contributed by atoms with Crippen molar-refractivity contribution >= 4 is 11.6 Å². The fourth-order valence-electron chi connectivity index (χ4n) is 3.44. The lowest BCUT2D eigenvalue weighted by Gasteiger charge is -2.07. The predicted octanol–water partition coefficient (Wildman–Crippen LogP) is 3.42. The Morgan fingerprint density at radius 3 is 2.82 bits per heavy atom. The van der Waals surface area contributed by atoms with Gasteiger partial charge >= 0.3 is 0 Å². The first-order chi connectivity index (χ1) is 10.8. The first-order valence-corrected chi connectivity index (χ1v) is 8.13. The van der Waals surface area contributed by atoms with E-state index in [-0.39, 0.29) is 0 Å². The van der Waals surface area contributed by atoms with Crippen molar-refractivity contribution < 1.29 is 9.47 Å². The molecule has 6 heteroatoms. The fourth-order valence-corrected chi connectivity index (χ4v) is 3.61. The van der Waals surface area contributed by atoms with Gasteiger partial charge in [0.25, 0.3) is 0 Å². The molecule has 2 atom stereocenters. The summed E-state index contributed by atoms with van der Waals surface area (Å²) in [4.78, 5) is 3.99. The summed E-state index contributed by atoms with van der Waals surface area (Å²) in [6, 6.07) is 4.10. The van der Waals surface area contributed by atoms with E-state index in [2.05, 4.69) is 9.67 Å². The third-order valence-electron chi connectivity index (χ3n) is 4.84. The van der Waals surface area contributed by atoms with Crippen molar-refractivity contribution in [1.82, 2.24) is 14.8 Å². The van der Waals surface area contributed by atoms with E-state index in [1.165, 1.54) is 12.8 Å². The van der Waals surface area contributed by atoms with Crippen LogP contribution in [0.3, 0.4) is 0 Å². The van der Waals surface area contributed by atoms with Gasteiger partial charge in [0.1, 0.15) is 16.6 Å².